The second-order valence-corrected chi connectivity index (χ2v) is 3.96. The minimum Gasteiger partial charge on any atom is -0.300 e. The van der Waals surface area contributed by atoms with E-state index < -0.39 is 5.92 Å². The van der Waals surface area contributed by atoms with Gasteiger partial charge in [-0.05, 0) is 25.0 Å². The van der Waals surface area contributed by atoms with Gasteiger partial charge in [0.05, 0.1) is 0 Å². The molecule has 3 heteroatoms. The Morgan fingerprint density at radius 3 is 2.62 bits per heavy atom. The molecule has 0 radical (unpaired) electrons. The van der Waals surface area contributed by atoms with Crippen LogP contribution in [0.15, 0.2) is 24.3 Å². The number of halogens is 2. The smallest absolute Gasteiger partial charge is 0.273 e. The van der Waals surface area contributed by atoms with Crippen LogP contribution in [-0.4, -0.2) is 5.78 Å². The van der Waals surface area contributed by atoms with E-state index in [2.05, 4.69) is 0 Å². The first kappa shape index (κ1) is 12.8. The molecular weight excluding hydrogens is 210 g/mol. The van der Waals surface area contributed by atoms with Gasteiger partial charge in [0.1, 0.15) is 5.78 Å². The van der Waals surface area contributed by atoms with Gasteiger partial charge in [0.2, 0.25) is 0 Å². The predicted molar refractivity (Wildman–Crippen MR) is 59.6 cm³/mol. The molecule has 0 aliphatic carbocycles. The third-order valence-corrected chi connectivity index (χ3v) is 2.56. The van der Waals surface area contributed by atoms with E-state index in [0.29, 0.717) is 12.8 Å². The Morgan fingerprint density at radius 1 is 1.38 bits per heavy atom. The van der Waals surface area contributed by atoms with Crippen LogP contribution in [-0.2, 0) is 17.1 Å². The van der Waals surface area contributed by atoms with Gasteiger partial charge in [-0.3, -0.25) is 0 Å². The topological polar surface area (TPSA) is 17.1 Å². The minimum atomic E-state index is -2.77. The number of benzene rings is 1. The van der Waals surface area contributed by atoms with Crippen molar-refractivity contribution < 1.29 is 13.6 Å². The highest BCUT2D eigenvalue weighted by Crippen LogP contribution is 2.31. The summed E-state index contributed by atoms with van der Waals surface area (Å²) >= 11 is 0. The van der Waals surface area contributed by atoms with Crippen LogP contribution in [0.5, 0.6) is 0 Å². The lowest BCUT2D eigenvalue weighted by Crippen LogP contribution is -2.11. The molecule has 0 unspecified atom stereocenters. The van der Waals surface area contributed by atoms with Crippen molar-refractivity contribution in [3.63, 3.8) is 0 Å². The van der Waals surface area contributed by atoms with Crippen LogP contribution < -0.4 is 0 Å². The molecule has 1 aromatic carbocycles. The van der Waals surface area contributed by atoms with Crippen molar-refractivity contribution in [1.29, 1.82) is 0 Å². The number of hydrogen-bond acceptors (Lipinski definition) is 1. The maximum Gasteiger partial charge on any atom is 0.273 e. The maximum atomic E-state index is 13.4. The van der Waals surface area contributed by atoms with E-state index >= 15 is 0 Å². The summed E-state index contributed by atoms with van der Waals surface area (Å²) in [7, 11) is 0. The van der Waals surface area contributed by atoms with E-state index in [1.165, 1.54) is 26.0 Å². The molecule has 0 aliphatic rings. The number of hydrogen-bond donors (Lipinski definition) is 0. The Kier molecular flexibility index (Phi) is 4.16. The number of ketones is 1. The van der Waals surface area contributed by atoms with Crippen molar-refractivity contribution in [2.75, 3.05) is 0 Å². The third kappa shape index (κ3) is 3.40. The summed E-state index contributed by atoms with van der Waals surface area (Å²) in [6.07, 6.45) is 0.729. The van der Waals surface area contributed by atoms with Gasteiger partial charge in [-0.2, -0.15) is 0 Å². The van der Waals surface area contributed by atoms with E-state index in [9.17, 15) is 13.6 Å². The monoisotopic (exact) mass is 226 g/mol. The molecule has 0 bridgehead atoms. The van der Waals surface area contributed by atoms with Crippen LogP contribution in [0.25, 0.3) is 0 Å². The number of Topliss-reactive ketones (excluding diaryl/α,β-unsaturated/α-hetero) is 1. The molecule has 0 spiro atoms. The highest BCUT2D eigenvalue weighted by molar-refractivity contribution is 5.75. The standard InChI is InChI=1S/C13H16F2O/c1-3-13(14,15)12-6-4-5-11(9-12)8-7-10(2)16/h4-6,9H,3,7-8H2,1-2H3. The SMILES string of the molecule is CCC(F)(F)c1cccc(CCC(C)=O)c1. The molecule has 1 nitrogen and oxygen atoms in total. The molecule has 0 fully saturated rings. The van der Waals surface area contributed by atoms with E-state index in [-0.39, 0.29) is 17.8 Å². The fraction of sp³-hybridized carbons (Fsp3) is 0.462. The highest BCUT2D eigenvalue weighted by Gasteiger charge is 2.28. The van der Waals surface area contributed by atoms with Crippen molar-refractivity contribution in [3.05, 3.63) is 35.4 Å². The van der Waals surface area contributed by atoms with Gasteiger partial charge in [0.25, 0.3) is 5.92 Å². The second kappa shape index (κ2) is 5.19. The molecule has 88 valence electrons. The molecule has 0 N–H and O–H groups in total. The van der Waals surface area contributed by atoms with E-state index in [4.69, 9.17) is 0 Å². The number of rotatable bonds is 5. The molecule has 0 aromatic heterocycles. The number of alkyl halides is 2. The molecule has 0 aliphatic heterocycles. The zero-order valence-electron chi connectivity index (χ0n) is 9.59. The molecule has 0 atom stereocenters. The Balaban J connectivity index is 2.83. The lowest BCUT2D eigenvalue weighted by atomic mass is 10.0. The summed E-state index contributed by atoms with van der Waals surface area (Å²) in [5, 5.41) is 0. The number of carbonyl (C=O) groups is 1. The van der Waals surface area contributed by atoms with Crippen molar-refractivity contribution in [2.45, 2.75) is 39.0 Å². The molecule has 0 heterocycles. The Hall–Kier alpha value is -1.25. The summed E-state index contributed by atoms with van der Waals surface area (Å²) in [5.74, 6) is -2.70. The predicted octanol–water partition coefficient (Wildman–Crippen LogP) is 3.71. The number of aryl methyl sites for hydroxylation is 1. The van der Waals surface area contributed by atoms with Crippen LogP contribution in [0.2, 0.25) is 0 Å². The Morgan fingerprint density at radius 2 is 2.06 bits per heavy atom. The van der Waals surface area contributed by atoms with Gasteiger partial charge in [0.15, 0.2) is 0 Å². The molecule has 1 rings (SSSR count). The van der Waals surface area contributed by atoms with Gasteiger partial charge in [-0.1, -0.05) is 25.1 Å². The molecule has 16 heavy (non-hydrogen) atoms. The fourth-order valence-corrected chi connectivity index (χ4v) is 1.48. The van der Waals surface area contributed by atoms with Crippen molar-refractivity contribution in [1.82, 2.24) is 0 Å². The first-order chi connectivity index (χ1) is 7.45. The Bertz CT molecular complexity index is 372. The first-order valence-corrected chi connectivity index (χ1v) is 5.42. The zero-order valence-corrected chi connectivity index (χ0v) is 9.59. The summed E-state index contributed by atoms with van der Waals surface area (Å²) in [4.78, 5) is 10.8. The lowest BCUT2D eigenvalue weighted by Gasteiger charge is -2.15. The largest absolute Gasteiger partial charge is 0.300 e. The van der Waals surface area contributed by atoms with E-state index in [1.807, 2.05) is 0 Å². The summed E-state index contributed by atoms with van der Waals surface area (Å²) < 4.78 is 26.8. The third-order valence-electron chi connectivity index (χ3n) is 2.56. The Labute approximate surface area is 94.5 Å². The average molecular weight is 226 g/mol. The van der Waals surface area contributed by atoms with Gasteiger partial charge in [-0.15, -0.1) is 0 Å². The normalized spacial score (nSPS) is 11.5. The zero-order chi connectivity index (χ0) is 12.2. The van der Waals surface area contributed by atoms with Gasteiger partial charge in [0, 0.05) is 18.4 Å². The summed E-state index contributed by atoms with van der Waals surface area (Å²) in [5.41, 5.74) is 0.830. The van der Waals surface area contributed by atoms with Crippen LogP contribution in [0.4, 0.5) is 8.78 Å². The van der Waals surface area contributed by atoms with Crippen LogP contribution >= 0.6 is 0 Å². The maximum absolute atomic E-state index is 13.4. The van der Waals surface area contributed by atoms with Crippen LogP contribution in [0.3, 0.4) is 0 Å². The highest BCUT2D eigenvalue weighted by atomic mass is 19.3. The minimum absolute atomic E-state index is 0.0380. The van der Waals surface area contributed by atoms with Crippen LogP contribution in [0.1, 0.15) is 37.8 Å². The number of carbonyl (C=O) groups excluding carboxylic acids is 1. The molecule has 1 aromatic rings. The van der Waals surface area contributed by atoms with E-state index in [1.54, 1.807) is 12.1 Å². The fourth-order valence-electron chi connectivity index (χ4n) is 1.48. The summed E-state index contributed by atoms with van der Waals surface area (Å²) in [6.45, 7) is 2.97. The van der Waals surface area contributed by atoms with Gasteiger partial charge >= 0.3 is 0 Å². The first-order valence-electron chi connectivity index (χ1n) is 5.42. The lowest BCUT2D eigenvalue weighted by molar-refractivity contribution is -0.116. The summed E-state index contributed by atoms with van der Waals surface area (Å²) in [6, 6.07) is 6.32. The second-order valence-electron chi connectivity index (χ2n) is 3.96. The van der Waals surface area contributed by atoms with Gasteiger partial charge in [-0.25, -0.2) is 8.78 Å². The molecule has 0 saturated carbocycles. The molecular formula is C13H16F2O. The van der Waals surface area contributed by atoms with Crippen molar-refractivity contribution in [2.24, 2.45) is 0 Å². The van der Waals surface area contributed by atoms with Crippen molar-refractivity contribution in [3.8, 4) is 0 Å². The molecule has 0 saturated heterocycles. The quantitative estimate of drug-likeness (QED) is 0.748. The average Bonchev–Trinajstić information content (AvgIpc) is 2.27. The van der Waals surface area contributed by atoms with Crippen LogP contribution in [0, 0.1) is 0 Å². The van der Waals surface area contributed by atoms with Gasteiger partial charge < -0.3 is 4.79 Å². The van der Waals surface area contributed by atoms with E-state index in [0.717, 1.165) is 5.56 Å². The van der Waals surface area contributed by atoms with Crippen molar-refractivity contribution >= 4 is 5.78 Å². The molecule has 0 amide bonds.